The van der Waals surface area contributed by atoms with Crippen LogP contribution in [0.5, 0.6) is 0 Å². The summed E-state index contributed by atoms with van der Waals surface area (Å²) in [4.78, 5) is 37.0. The number of carboxylic acid groups (broad SMARTS) is 1. The number of ether oxygens (including phenoxy) is 3. The van der Waals surface area contributed by atoms with E-state index in [2.05, 4.69) is 86.8 Å². The summed E-state index contributed by atoms with van der Waals surface area (Å²) in [6.07, 6.45) is 56.3. The molecule has 0 spiro atoms. The predicted molar refractivity (Wildman–Crippen MR) is 259 cm³/mol. The molecule has 356 valence electrons. The molecular formula is C54H93NO7. The summed E-state index contributed by atoms with van der Waals surface area (Å²) in [7, 11) is 5.40. The van der Waals surface area contributed by atoms with E-state index in [1.165, 1.54) is 77.0 Å². The van der Waals surface area contributed by atoms with Gasteiger partial charge in [0.05, 0.1) is 40.3 Å². The van der Waals surface area contributed by atoms with Gasteiger partial charge >= 0.3 is 11.9 Å². The molecule has 0 aliphatic heterocycles. The molecule has 0 bridgehead atoms. The zero-order valence-electron chi connectivity index (χ0n) is 40.5. The average Bonchev–Trinajstić information content (AvgIpc) is 3.23. The van der Waals surface area contributed by atoms with Crippen molar-refractivity contribution in [2.75, 3.05) is 41.0 Å². The van der Waals surface area contributed by atoms with Gasteiger partial charge in [0.2, 0.25) is 0 Å². The van der Waals surface area contributed by atoms with Gasteiger partial charge in [0.1, 0.15) is 12.6 Å². The highest BCUT2D eigenvalue weighted by atomic mass is 16.6. The molecule has 2 atom stereocenters. The van der Waals surface area contributed by atoms with Crippen LogP contribution in [0.3, 0.4) is 0 Å². The minimum atomic E-state index is -1.13. The van der Waals surface area contributed by atoms with Crippen molar-refractivity contribution in [1.82, 2.24) is 0 Å². The van der Waals surface area contributed by atoms with Crippen LogP contribution in [0.15, 0.2) is 72.9 Å². The maximum absolute atomic E-state index is 12.8. The normalized spacial score (nSPS) is 13.5. The Bertz CT molecular complexity index is 1240. The van der Waals surface area contributed by atoms with Gasteiger partial charge in [-0.2, -0.15) is 0 Å². The van der Waals surface area contributed by atoms with Crippen LogP contribution in [-0.2, 0) is 28.6 Å². The summed E-state index contributed by atoms with van der Waals surface area (Å²) in [5, 5.41) is 11.7. The lowest BCUT2D eigenvalue weighted by atomic mass is 10.1. The molecule has 0 aliphatic carbocycles. The molecular weight excluding hydrogens is 775 g/mol. The molecule has 0 N–H and O–H groups in total. The number of likely N-dealkylation sites (N-methyl/N-ethyl adjacent to an activating group) is 1. The van der Waals surface area contributed by atoms with Crippen LogP contribution in [0.1, 0.15) is 200 Å². The molecule has 62 heavy (non-hydrogen) atoms. The quantitative estimate of drug-likeness (QED) is 0.0260. The minimum Gasteiger partial charge on any atom is -0.544 e. The number of carbonyl (C=O) groups is 3. The molecule has 0 aromatic carbocycles. The Balaban J connectivity index is 4.34. The number of allylic oxidation sites excluding steroid dienone is 12. The maximum atomic E-state index is 12.8. The Hall–Kier alpha value is -3.23. The number of nitrogens with zero attached hydrogens (tertiary/aromatic N) is 1. The van der Waals surface area contributed by atoms with Gasteiger partial charge in [-0.25, -0.2) is 0 Å². The zero-order chi connectivity index (χ0) is 45.6. The van der Waals surface area contributed by atoms with Crippen molar-refractivity contribution in [3.8, 4) is 0 Å². The number of quaternary nitrogens is 1. The van der Waals surface area contributed by atoms with Crippen LogP contribution in [0, 0.1) is 0 Å². The molecule has 2 unspecified atom stereocenters. The van der Waals surface area contributed by atoms with Crippen molar-refractivity contribution in [1.29, 1.82) is 0 Å². The highest BCUT2D eigenvalue weighted by Crippen LogP contribution is 2.13. The van der Waals surface area contributed by atoms with Crippen LogP contribution in [0.25, 0.3) is 0 Å². The van der Waals surface area contributed by atoms with Crippen molar-refractivity contribution in [2.24, 2.45) is 0 Å². The molecule has 0 saturated heterocycles. The molecule has 8 heteroatoms. The van der Waals surface area contributed by atoms with Crippen LogP contribution in [-0.4, -0.2) is 75.5 Å². The summed E-state index contributed by atoms with van der Waals surface area (Å²) in [5.74, 6) is -1.77. The number of rotatable bonds is 44. The molecule has 0 rings (SSSR count). The Morgan fingerprint density at radius 3 is 1.26 bits per heavy atom. The van der Waals surface area contributed by atoms with Gasteiger partial charge in [-0.3, -0.25) is 9.59 Å². The minimum absolute atomic E-state index is 0.0277. The lowest BCUT2D eigenvalue weighted by Gasteiger charge is -2.34. The van der Waals surface area contributed by atoms with E-state index in [0.717, 1.165) is 89.9 Å². The molecule has 0 saturated carbocycles. The topological polar surface area (TPSA) is 102 Å². The van der Waals surface area contributed by atoms with E-state index >= 15 is 0 Å². The van der Waals surface area contributed by atoms with Gasteiger partial charge in [0, 0.05) is 19.3 Å². The first-order valence-electron chi connectivity index (χ1n) is 25.0. The second-order valence-electron chi connectivity index (χ2n) is 17.7. The third-order valence-electron chi connectivity index (χ3n) is 10.8. The van der Waals surface area contributed by atoms with Gasteiger partial charge in [-0.1, -0.05) is 164 Å². The van der Waals surface area contributed by atoms with Crippen LogP contribution >= 0.6 is 0 Å². The Labute approximate surface area is 381 Å². The molecule has 0 aromatic heterocycles. The summed E-state index contributed by atoms with van der Waals surface area (Å²) < 4.78 is 17.2. The fourth-order valence-corrected chi connectivity index (χ4v) is 6.91. The fraction of sp³-hybridized carbons (Fsp3) is 0.722. The molecule has 8 nitrogen and oxygen atoms in total. The Morgan fingerprint density at radius 2 is 0.855 bits per heavy atom. The first-order valence-corrected chi connectivity index (χ1v) is 25.0. The van der Waals surface area contributed by atoms with E-state index in [1.54, 1.807) is 21.1 Å². The van der Waals surface area contributed by atoms with Crippen LogP contribution in [0.2, 0.25) is 0 Å². The van der Waals surface area contributed by atoms with Gasteiger partial charge in [-0.15, -0.1) is 0 Å². The lowest BCUT2D eigenvalue weighted by Crippen LogP contribution is -2.55. The van der Waals surface area contributed by atoms with E-state index in [9.17, 15) is 19.5 Å². The van der Waals surface area contributed by atoms with E-state index in [1.807, 2.05) is 0 Å². The van der Waals surface area contributed by atoms with Gasteiger partial charge in [-0.05, 0) is 89.9 Å². The molecule has 0 amide bonds. The van der Waals surface area contributed by atoms with E-state index in [4.69, 9.17) is 14.2 Å². The molecule has 0 aliphatic rings. The smallest absolute Gasteiger partial charge is 0.306 e. The van der Waals surface area contributed by atoms with Crippen molar-refractivity contribution < 1.29 is 38.2 Å². The Kier molecular flexibility index (Phi) is 42.1. The number of esters is 2. The predicted octanol–water partition coefficient (Wildman–Crippen LogP) is 13.0. The van der Waals surface area contributed by atoms with E-state index < -0.39 is 18.1 Å². The SMILES string of the molecule is CCCCC/C=C\C/C=C\C/C=C\CCCCCCCCC(=O)OCC(COCCC(C(=O)[O-])[N+](C)(C)C)OC(=O)CCCCCCCC/C=C\C/C=C\C/C=C\CCCCC. The molecule has 0 fully saturated rings. The van der Waals surface area contributed by atoms with E-state index in [0.29, 0.717) is 12.8 Å². The summed E-state index contributed by atoms with van der Waals surface area (Å²) in [5.41, 5.74) is 0. The third kappa shape index (κ3) is 42.1. The van der Waals surface area contributed by atoms with Gasteiger partial charge in [0.15, 0.2) is 6.10 Å². The summed E-state index contributed by atoms with van der Waals surface area (Å²) in [6, 6.07) is -0.734. The Morgan fingerprint density at radius 1 is 0.484 bits per heavy atom. The fourth-order valence-electron chi connectivity index (χ4n) is 6.91. The number of carbonyl (C=O) groups excluding carboxylic acids is 3. The molecule has 0 aromatic rings. The highest BCUT2D eigenvalue weighted by Gasteiger charge is 2.25. The van der Waals surface area contributed by atoms with Crippen LogP contribution < -0.4 is 5.11 Å². The summed E-state index contributed by atoms with van der Waals surface area (Å²) >= 11 is 0. The second kappa shape index (κ2) is 44.4. The number of carboxylic acids is 1. The van der Waals surface area contributed by atoms with Gasteiger partial charge in [0.25, 0.3) is 0 Å². The lowest BCUT2D eigenvalue weighted by molar-refractivity contribution is -0.889. The second-order valence-corrected chi connectivity index (χ2v) is 17.7. The average molecular weight is 868 g/mol. The summed E-state index contributed by atoms with van der Waals surface area (Å²) in [6.45, 7) is 4.58. The third-order valence-corrected chi connectivity index (χ3v) is 10.8. The number of aliphatic carboxylic acids is 1. The van der Waals surface area contributed by atoms with Crippen molar-refractivity contribution in [3.63, 3.8) is 0 Å². The van der Waals surface area contributed by atoms with Crippen molar-refractivity contribution in [2.45, 2.75) is 212 Å². The first kappa shape index (κ1) is 58.8. The van der Waals surface area contributed by atoms with E-state index in [-0.39, 0.29) is 42.7 Å². The van der Waals surface area contributed by atoms with Gasteiger partial charge < -0.3 is 28.6 Å². The number of unbranched alkanes of at least 4 members (excludes halogenated alkanes) is 18. The highest BCUT2D eigenvalue weighted by molar-refractivity contribution is 5.70. The standard InChI is InChI=1S/C54H93NO7/c1-6-8-10-12-14-16-18-20-22-24-26-28-30-32-34-36-38-40-42-44-52(56)61-49-50(48-60-47-46-51(54(58)59)55(3,4)5)62-53(57)45-43-41-39-37-35-33-31-29-27-25-23-21-19-17-15-13-11-9-7-2/h14-17,20-23,26-29,50-51H,6-13,18-19,24-25,30-49H2,1-5H3/b16-14-,17-15-,22-20-,23-21-,28-26-,29-27-. The van der Waals surface area contributed by atoms with Crippen molar-refractivity contribution >= 4 is 17.9 Å². The zero-order valence-corrected chi connectivity index (χ0v) is 40.5. The first-order chi connectivity index (χ1) is 30.1. The largest absolute Gasteiger partial charge is 0.544 e. The van der Waals surface area contributed by atoms with Crippen LogP contribution in [0.4, 0.5) is 0 Å². The molecule has 0 heterocycles. The molecule has 0 radical (unpaired) electrons. The number of hydrogen-bond acceptors (Lipinski definition) is 7. The maximum Gasteiger partial charge on any atom is 0.306 e. The monoisotopic (exact) mass is 868 g/mol. The van der Waals surface area contributed by atoms with Crippen molar-refractivity contribution in [3.05, 3.63) is 72.9 Å². The number of hydrogen-bond donors (Lipinski definition) is 0.